The smallest absolute Gasteiger partial charge is 0.230 e. The molecule has 1 amide bonds. The number of likely N-dealkylation sites (tertiary alicyclic amines) is 1. The van der Waals surface area contributed by atoms with E-state index < -0.39 is 11.6 Å². The molecule has 0 N–H and O–H groups in total. The number of allylic oxidation sites excluding steroid dienone is 1. The van der Waals surface area contributed by atoms with Crippen LogP contribution in [0.15, 0.2) is 72.8 Å². The summed E-state index contributed by atoms with van der Waals surface area (Å²) in [4.78, 5) is 15.0. The molecule has 2 nitrogen and oxygen atoms in total. The van der Waals surface area contributed by atoms with Crippen LogP contribution in [0.3, 0.4) is 0 Å². The molecule has 1 saturated heterocycles. The molecule has 5 rings (SSSR count). The molecule has 7 heteroatoms. The van der Waals surface area contributed by atoms with Crippen LogP contribution in [0, 0.1) is 23.5 Å². The van der Waals surface area contributed by atoms with Crippen molar-refractivity contribution < 1.29 is 13.6 Å². The highest BCUT2D eigenvalue weighted by atomic mass is 35.5. The van der Waals surface area contributed by atoms with Crippen LogP contribution >= 0.6 is 34.8 Å². The van der Waals surface area contributed by atoms with Crippen LogP contribution in [-0.4, -0.2) is 17.4 Å². The molecule has 0 aromatic heterocycles. The number of hydrogen-bond acceptors (Lipinski definition) is 1. The van der Waals surface area contributed by atoms with Crippen LogP contribution in [0.5, 0.6) is 0 Å². The fourth-order valence-electron chi connectivity index (χ4n) is 5.25. The second-order valence-corrected chi connectivity index (χ2v) is 10.1. The first kappa shape index (κ1) is 23.3. The second-order valence-electron chi connectivity index (χ2n) is 8.81. The second kappa shape index (κ2) is 9.33. The Bertz CT molecular complexity index is 1280. The number of hydrogen-bond donors (Lipinski definition) is 0. The number of fused-ring (bicyclic) bond motifs is 1. The number of halogens is 5. The molecule has 0 saturated carbocycles. The van der Waals surface area contributed by atoms with Gasteiger partial charge in [-0.2, -0.15) is 0 Å². The predicted octanol–water partition coefficient (Wildman–Crippen LogP) is 7.64. The van der Waals surface area contributed by atoms with Crippen molar-refractivity contribution in [2.24, 2.45) is 11.8 Å². The van der Waals surface area contributed by atoms with Gasteiger partial charge in [-0.3, -0.25) is 4.79 Å². The van der Waals surface area contributed by atoms with Crippen molar-refractivity contribution in [2.75, 3.05) is 6.54 Å². The molecule has 4 unspecified atom stereocenters. The van der Waals surface area contributed by atoms with Gasteiger partial charge < -0.3 is 4.90 Å². The zero-order valence-corrected chi connectivity index (χ0v) is 20.2. The summed E-state index contributed by atoms with van der Waals surface area (Å²) in [7, 11) is 0. The maximum absolute atomic E-state index is 13.7. The first-order valence-corrected chi connectivity index (χ1v) is 12.1. The van der Waals surface area contributed by atoms with E-state index in [0.29, 0.717) is 27.2 Å². The maximum Gasteiger partial charge on any atom is 0.230 e. The molecule has 0 radical (unpaired) electrons. The minimum atomic E-state index is -0.919. The van der Waals surface area contributed by atoms with Crippen LogP contribution < -0.4 is 0 Å². The highest BCUT2D eigenvalue weighted by Crippen LogP contribution is 2.51. The molecule has 3 aromatic rings. The molecule has 2 aliphatic rings. The molecule has 1 heterocycles. The lowest BCUT2D eigenvalue weighted by Crippen LogP contribution is -2.29. The molecule has 174 valence electrons. The van der Waals surface area contributed by atoms with Gasteiger partial charge in [0.25, 0.3) is 0 Å². The van der Waals surface area contributed by atoms with E-state index in [0.717, 1.165) is 23.3 Å². The molecular formula is C27H20Cl3F2NO. The van der Waals surface area contributed by atoms with Gasteiger partial charge in [0.05, 0.1) is 5.92 Å². The minimum Gasteiger partial charge on any atom is -0.338 e. The zero-order chi connectivity index (χ0) is 24.0. The average molecular weight is 519 g/mol. The Labute approximate surface area is 211 Å². The lowest BCUT2D eigenvalue weighted by atomic mass is 9.67. The van der Waals surface area contributed by atoms with Gasteiger partial charge in [-0.15, -0.1) is 0 Å². The van der Waals surface area contributed by atoms with Crippen LogP contribution in [0.25, 0.3) is 0 Å². The summed E-state index contributed by atoms with van der Waals surface area (Å²) >= 11 is 18.9. The van der Waals surface area contributed by atoms with E-state index in [-0.39, 0.29) is 36.1 Å². The molecular weight excluding hydrogens is 499 g/mol. The summed E-state index contributed by atoms with van der Waals surface area (Å²) in [5, 5.41) is 1.76. The van der Waals surface area contributed by atoms with Crippen molar-refractivity contribution in [3.63, 3.8) is 0 Å². The van der Waals surface area contributed by atoms with Gasteiger partial charge in [-0.05, 0) is 64.9 Å². The zero-order valence-electron chi connectivity index (χ0n) is 17.9. The third-order valence-electron chi connectivity index (χ3n) is 6.80. The van der Waals surface area contributed by atoms with E-state index in [4.69, 9.17) is 34.8 Å². The largest absolute Gasteiger partial charge is 0.338 e. The summed E-state index contributed by atoms with van der Waals surface area (Å²) in [6.45, 7) is 0.707. The molecule has 0 bridgehead atoms. The van der Waals surface area contributed by atoms with Gasteiger partial charge in [0.1, 0.15) is 0 Å². The van der Waals surface area contributed by atoms with Crippen LogP contribution in [0.1, 0.15) is 28.5 Å². The highest BCUT2D eigenvalue weighted by Gasteiger charge is 2.48. The molecule has 3 aromatic carbocycles. The topological polar surface area (TPSA) is 20.3 Å². The number of amides is 1. The number of rotatable bonds is 4. The van der Waals surface area contributed by atoms with Gasteiger partial charge in [0.2, 0.25) is 5.91 Å². The van der Waals surface area contributed by atoms with Crippen LogP contribution in [-0.2, 0) is 11.3 Å². The fraction of sp³-hybridized carbons (Fsp3) is 0.222. The molecule has 0 spiro atoms. The predicted molar refractivity (Wildman–Crippen MR) is 131 cm³/mol. The lowest BCUT2D eigenvalue weighted by Gasteiger charge is -2.36. The van der Waals surface area contributed by atoms with Crippen molar-refractivity contribution in [2.45, 2.75) is 18.4 Å². The Kier molecular flexibility index (Phi) is 6.41. The van der Waals surface area contributed by atoms with Crippen molar-refractivity contribution in [3.8, 4) is 0 Å². The highest BCUT2D eigenvalue weighted by molar-refractivity contribution is 6.35. The Morgan fingerprint density at radius 2 is 1.53 bits per heavy atom. The first-order chi connectivity index (χ1) is 16.3. The quantitative estimate of drug-likeness (QED) is 0.325. The van der Waals surface area contributed by atoms with E-state index in [1.54, 1.807) is 11.0 Å². The van der Waals surface area contributed by atoms with Crippen LogP contribution in [0.2, 0.25) is 15.1 Å². The van der Waals surface area contributed by atoms with E-state index >= 15 is 0 Å². The van der Waals surface area contributed by atoms with Crippen LogP contribution in [0.4, 0.5) is 8.78 Å². The van der Waals surface area contributed by atoms with Crippen molar-refractivity contribution >= 4 is 40.7 Å². The Morgan fingerprint density at radius 1 is 0.824 bits per heavy atom. The summed E-state index contributed by atoms with van der Waals surface area (Å²) in [5.74, 6) is -2.29. The molecule has 1 aliphatic carbocycles. The van der Waals surface area contributed by atoms with Gasteiger partial charge in [-0.25, -0.2) is 8.78 Å². The SMILES string of the molecule is O=C1C2C=CC(c3ccc(Cl)cc3Cl)C(c3ccc(Cl)cc3)C2CN1Cc1ccc(F)c(F)c1. The molecule has 34 heavy (non-hydrogen) atoms. The summed E-state index contributed by atoms with van der Waals surface area (Å²) in [5.41, 5.74) is 2.55. The first-order valence-electron chi connectivity index (χ1n) is 10.9. The maximum atomic E-state index is 13.7. The number of carbonyl (C=O) groups excluding carboxylic acids is 1. The number of nitrogens with zero attached hydrogens (tertiary/aromatic N) is 1. The van der Waals surface area contributed by atoms with Gasteiger partial charge >= 0.3 is 0 Å². The minimum absolute atomic E-state index is 0.0226. The monoisotopic (exact) mass is 517 g/mol. The molecule has 1 fully saturated rings. The Balaban J connectivity index is 1.51. The summed E-state index contributed by atoms with van der Waals surface area (Å²) in [6.07, 6.45) is 4.01. The number of carbonyl (C=O) groups is 1. The molecule has 4 atom stereocenters. The third-order valence-corrected chi connectivity index (χ3v) is 7.61. The van der Waals surface area contributed by atoms with Crippen molar-refractivity contribution in [3.05, 3.63) is 116 Å². The van der Waals surface area contributed by atoms with Gasteiger partial charge in [0, 0.05) is 34.1 Å². The normalized spacial score (nSPS) is 23.9. The van der Waals surface area contributed by atoms with E-state index in [9.17, 15) is 13.6 Å². The summed E-state index contributed by atoms with van der Waals surface area (Å²) < 4.78 is 27.1. The Hall–Kier alpha value is -2.40. The fourth-order valence-corrected chi connectivity index (χ4v) is 5.91. The number of benzene rings is 3. The van der Waals surface area contributed by atoms with Gasteiger partial charge in [-0.1, -0.05) is 71.2 Å². The third kappa shape index (κ3) is 4.35. The van der Waals surface area contributed by atoms with E-state index in [1.165, 1.54) is 6.07 Å². The summed E-state index contributed by atoms with van der Waals surface area (Å²) in [6, 6.07) is 16.9. The van der Waals surface area contributed by atoms with Crippen molar-refractivity contribution in [1.82, 2.24) is 4.90 Å². The standard InChI is InChI=1S/C27H20Cl3F2NO/c28-17-4-2-16(3-5-17)26-20(19-7-6-18(29)12-23(19)30)8-9-21-22(26)14-33(27(21)34)13-15-1-10-24(31)25(32)11-15/h1-12,20-22,26H,13-14H2. The van der Waals surface area contributed by atoms with E-state index in [2.05, 4.69) is 6.08 Å². The molecule has 1 aliphatic heterocycles. The van der Waals surface area contributed by atoms with Crippen molar-refractivity contribution in [1.29, 1.82) is 0 Å². The van der Waals surface area contributed by atoms with Gasteiger partial charge in [0.15, 0.2) is 11.6 Å². The Morgan fingerprint density at radius 3 is 2.24 bits per heavy atom. The van der Waals surface area contributed by atoms with E-state index in [1.807, 2.05) is 42.5 Å². The average Bonchev–Trinajstić information content (AvgIpc) is 3.12. The lowest BCUT2D eigenvalue weighted by molar-refractivity contribution is -0.130.